The van der Waals surface area contributed by atoms with Gasteiger partial charge in [0.15, 0.2) is 0 Å². The van der Waals surface area contributed by atoms with Crippen LogP contribution in [0.4, 0.5) is 5.69 Å². The topological polar surface area (TPSA) is 69.4 Å². The zero-order valence-electron chi connectivity index (χ0n) is 8.11. The van der Waals surface area contributed by atoms with Gasteiger partial charge in [-0.2, -0.15) is 0 Å². The summed E-state index contributed by atoms with van der Waals surface area (Å²) in [5, 5.41) is 10.6. The fourth-order valence-electron chi connectivity index (χ4n) is 1.13. The summed E-state index contributed by atoms with van der Waals surface area (Å²) in [5.74, 6) is -0.613. The lowest BCUT2D eigenvalue weighted by atomic mass is 10.1. The molecule has 1 rings (SSSR count). The van der Waals surface area contributed by atoms with Crippen LogP contribution in [0.25, 0.3) is 0 Å². The van der Waals surface area contributed by atoms with Gasteiger partial charge in [-0.3, -0.25) is 10.1 Å². The summed E-state index contributed by atoms with van der Waals surface area (Å²) < 4.78 is 4.48. The fraction of sp³-hybridized carbons (Fsp3) is 0.222. The third-order valence-corrected chi connectivity index (χ3v) is 2.20. The van der Waals surface area contributed by atoms with E-state index >= 15 is 0 Å². The van der Waals surface area contributed by atoms with Crippen LogP contribution in [0.1, 0.15) is 15.9 Å². The number of ether oxygens (including phenoxy) is 1. The van der Waals surface area contributed by atoms with Gasteiger partial charge >= 0.3 is 5.97 Å². The maximum absolute atomic E-state index is 11.2. The Balaban J connectivity index is 3.31. The lowest BCUT2D eigenvalue weighted by Gasteiger charge is -2.04. The van der Waals surface area contributed by atoms with E-state index in [1.807, 2.05) is 0 Å². The largest absolute Gasteiger partial charge is 0.465 e. The summed E-state index contributed by atoms with van der Waals surface area (Å²) >= 11 is 5.71. The van der Waals surface area contributed by atoms with Gasteiger partial charge in [-0.25, -0.2) is 4.79 Å². The van der Waals surface area contributed by atoms with Crippen molar-refractivity contribution in [2.45, 2.75) is 6.92 Å². The van der Waals surface area contributed by atoms with Crippen molar-refractivity contribution in [2.24, 2.45) is 0 Å². The Morgan fingerprint density at radius 3 is 2.60 bits per heavy atom. The van der Waals surface area contributed by atoms with Crippen molar-refractivity contribution in [3.05, 3.63) is 38.4 Å². The molecule has 0 aliphatic rings. The normalized spacial score (nSPS) is 9.80. The Kier molecular flexibility index (Phi) is 3.26. The van der Waals surface area contributed by atoms with E-state index in [0.29, 0.717) is 5.56 Å². The first-order chi connectivity index (χ1) is 6.97. The van der Waals surface area contributed by atoms with Crippen LogP contribution in [-0.4, -0.2) is 18.0 Å². The lowest BCUT2D eigenvalue weighted by molar-refractivity contribution is -0.385. The first-order valence-corrected chi connectivity index (χ1v) is 4.38. The van der Waals surface area contributed by atoms with E-state index in [2.05, 4.69) is 4.74 Å². The van der Waals surface area contributed by atoms with Crippen LogP contribution >= 0.6 is 11.6 Å². The van der Waals surface area contributed by atoms with Gasteiger partial charge in [0.2, 0.25) is 0 Å². The van der Waals surface area contributed by atoms with Gasteiger partial charge < -0.3 is 4.74 Å². The van der Waals surface area contributed by atoms with Crippen molar-refractivity contribution in [3.63, 3.8) is 0 Å². The monoisotopic (exact) mass is 229 g/mol. The molecular weight excluding hydrogens is 222 g/mol. The molecule has 0 aliphatic carbocycles. The standard InChI is InChI=1S/C9H8ClNO4/c1-5-3-6(9(12)15-2)7(10)4-8(5)11(13)14/h3-4H,1-2H3. The predicted molar refractivity (Wildman–Crippen MR) is 54.2 cm³/mol. The number of nitro groups is 1. The van der Waals surface area contributed by atoms with Gasteiger partial charge in [0.1, 0.15) is 0 Å². The number of carbonyl (C=O) groups excluding carboxylic acids is 1. The first-order valence-electron chi connectivity index (χ1n) is 4.00. The number of hydrogen-bond acceptors (Lipinski definition) is 4. The van der Waals surface area contributed by atoms with Crippen molar-refractivity contribution in [1.29, 1.82) is 0 Å². The van der Waals surface area contributed by atoms with Crippen molar-refractivity contribution in [1.82, 2.24) is 0 Å². The van der Waals surface area contributed by atoms with Crippen LogP contribution in [0.5, 0.6) is 0 Å². The highest BCUT2D eigenvalue weighted by atomic mass is 35.5. The number of halogens is 1. The molecule has 0 heterocycles. The van der Waals surface area contributed by atoms with Gasteiger partial charge in [-0.1, -0.05) is 11.6 Å². The van der Waals surface area contributed by atoms with Gasteiger partial charge in [0.25, 0.3) is 5.69 Å². The Labute approximate surface area is 90.8 Å². The summed E-state index contributed by atoms with van der Waals surface area (Å²) in [6.07, 6.45) is 0. The van der Waals surface area contributed by atoms with Crippen molar-refractivity contribution >= 4 is 23.3 Å². The molecule has 5 nitrogen and oxygen atoms in total. The molecule has 80 valence electrons. The number of benzene rings is 1. The van der Waals surface area contributed by atoms with Gasteiger partial charge in [0.05, 0.1) is 22.6 Å². The first kappa shape index (κ1) is 11.5. The van der Waals surface area contributed by atoms with Crippen LogP contribution < -0.4 is 0 Å². The minimum Gasteiger partial charge on any atom is -0.465 e. The number of methoxy groups -OCH3 is 1. The highest BCUT2D eigenvalue weighted by Gasteiger charge is 2.18. The molecule has 0 fully saturated rings. The Morgan fingerprint density at radius 1 is 1.53 bits per heavy atom. The molecule has 15 heavy (non-hydrogen) atoms. The van der Waals surface area contributed by atoms with E-state index in [0.717, 1.165) is 6.07 Å². The molecule has 0 aromatic heterocycles. The molecule has 0 saturated carbocycles. The molecule has 0 bridgehead atoms. The smallest absolute Gasteiger partial charge is 0.339 e. The Bertz CT molecular complexity index is 430. The van der Waals surface area contributed by atoms with Crippen molar-refractivity contribution in [3.8, 4) is 0 Å². The number of rotatable bonds is 2. The molecule has 0 aliphatic heterocycles. The summed E-state index contributed by atoms with van der Waals surface area (Å²) in [7, 11) is 1.22. The molecule has 0 radical (unpaired) electrons. The summed E-state index contributed by atoms with van der Waals surface area (Å²) in [6.45, 7) is 1.53. The Hall–Kier alpha value is -1.62. The predicted octanol–water partition coefficient (Wildman–Crippen LogP) is 2.34. The third kappa shape index (κ3) is 2.24. The molecule has 0 amide bonds. The second-order valence-electron chi connectivity index (χ2n) is 2.87. The SMILES string of the molecule is COC(=O)c1cc(C)c([N+](=O)[O-])cc1Cl. The van der Waals surface area contributed by atoms with E-state index < -0.39 is 10.9 Å². The zero-order valence-corrected chi connectivity index (χ0v) is 8.87. The van der Waals surface area contributed by atoms with Crippen LogP contribution in [-0.2, 0) is 4.74 Å². The Morgan fingerprint density at radius 2 is 2.13 bits per heavy atom. The van der Waals surface area contributed by atoms with E-state index in [9.17, 15) is 14.9 Å². The number of aryl methyl sites for hydroxylation is 1. The summed E-state index contributed by atoms with van der Waals surface area (Å²) in [6, 6.07) is 2.48. The molecule has 0 saturated heterocycles. The van der Waals surface area contributed by atoms with Crippen LogP contribution in [0.15, 0.2) is 12.1 Å². The van der Waals surface area contributed by atoms with Crippen LogP contribution in [0.2, 0.25) is 5.02 Å². The molecular formula is C9H8ClNO4. The molecule has 0 N–H and O–H groups in total. The lowest BCUT2D eigenvalue weighted by Crippen LogP contribution is -2.04. The fourth-order valence-corrected chi connectivity index (χ4v) is 1.37. The quantitative estimate of drug-likeness (QED) is 0.443. The number of carbonyl (C=O) groups is 1. The summed E-state index contributed by atoms with van der Waals surface area (Å²) in [5.41, 5.74) is 0.375. The second-order valence-corrected chi connectivity index (χ2v) is 3.27. The van der Waals surface area contributed by atoms with E-state index in [4.69, 9.17) is 11.6 Å². The third-order valence-electron chi connectivity index (χ3n) is 1.89. The molecule has 1 aromatic rings. The maximum atomic E-state index is 11.2. The molecule has 0 spiro atoms. The molecule has 0 atom stereocenters. The minimum absolute atomic E-state index is 0.0131. The van der Waals surface area contributed by atoms with Crippen molar-refractivity contribution < 1.29 is 14.5 Å². The number of nitrogens with zero attached hydrogens (tertiary/aromatic N) is 1. The van der Waals surface area contributed by atoms with E-state index in [-0.39, 0.29) is 16.3 Å². The minimum atomic E-state index is -0.613. The molecule has 1 aromatic carbocycles. The van der Waals surface area contributed by atoms with Gasteiger partial charge in [-0.15, -0.1) is 0 Å². The van der Waals surface area contributed by atoms with Crippen LogP contribution in [0.3, 0.4) is 0 Å². The van der Waals surface area contributed by atoms with E-state index in [1.54, 1.807) is 0 Å². The van der Waals surface area contributed by atoms with Gasteiger partial charge in [0, 0.05) is 11.6 Å². The zero-order chi connectivity index (χ0) is 11.6. The highest BCUT2D eigenvalue weighted by Crippen LogP contribution is 2.26. The van der Waals surface area contributed by atoms with Crippen LogP contribution in [0, 0.1) is 17.0 Å². The number of esters is 1. The summed E-state index contributed by atoms with van der Waals surface area (Å²) in [4.78, 5) is 21.2. The maximum Gasteiger partial charge on any atom is 0.339 e. The average molecular weight is 230 g/mol. The number of hydrogen-bond donors (Lipinski definition) is 0. The number of nitro benzene ring substituents is 1. The molecule has 6 heteroatoms. The van der Waals surface area contributed by atoms with Gasteiger partial charge in [-0.05, 0) is 13.0 Å². The van der Waals surface area contributed by atoms with Crippen molar-refractivity contribution in [2.75, 3.05) is 7.11 Å². The van der Waals surface area contributed by atoms with E-state index in [1.165, 1.54) is 20.1 Å². The second kappa shape index (κ2) is 4.27. The highest BCUT2D eigenvalue weighted by molar-refractivity contribution is 6.33. The molecule has 0 unspecified atom stereocenters. The average Bonchev–Trinajstić information content (AvgIpc) is 2.19.